The minimum absolute atomic E-state index is 0.0282. The highest BCUT2D eigenvalue weighted by Gasteiger charge is 2.21. The van der Waals surface area contributed by atoms with Crippen LogP contribution in [-0.4, -0.2) is 56.0 Å². The molecule has 0 bridgehead atoms. The topological polar surface area (TPSA) is 156 Å². The van der Waals surface area contributed by atoms with Gasteiger partial charge in [-0.1, -0.05) is 0 Å². The van der Waals surface area contributed by atoms with Crippen molar-refractivity contribution in [3.8, 4) is 0 Å². The van der Waals surface area contributed by atoms with Gasteiger partial charge in [-0.05, 0) is 6.42 Å². The number of nitrogens with one attached hydrogen (secondary N) is 2. The van der Waals surface area contributed by atoms with Crippen LogP contribution in [0.25, 0.3) is 0 Å². The van der Waals surface area contributed by atoms with Crippen LogP contribution >= 0.6 is 0 Å². The van der Waals surface area contributed by atoms with E-state index in [0.717, 1.165) is 6.26 Å². The second-order valence-electron chi connectivity index (χ2n) is 3.93. The Hall–Kier alpha value is -1.84. The highest BCUT2D eigenvalue weighted by Crippen LogP contribution is 1.97. The molecule has 0 aliphatic carbocycles. The zero-order valence-corrected chi connectivity index (χ0v) is 11.2. The Balaban J connectivity index is 4.23. The molecule has 0 heterocycles. The van der Waals surface area contributed by atoms with Gasteiger partial charge in [0.05, 0.1) is 5.75 Å². The Kier molecular flexibility index (Phi) is 6.83. The maximum Gasteiger partial charge on any atom is 0.326 e. The summed E-state index contributed by atoms with van der Waals surface area (Å²) in [7, 11) is -3.31. The van der Waals surface area contributed by atoms with Gasteiger partial charge in [0.2, 0.25) is 5.91 Å². The van der Waals surface area contributed by atoms with Crippen LogP contribution in [0.3, 0.4) is 0 Å². The lowest BCUT2D eigenvalue weighted by molar-refractivity contribution is -0.139. The van der Waals surface area contributed by atoms with E-state index in [1.165, 1.54) is 0 Å². The molecule has 0 saturated heterocycles. The summed E-state index contributed by atoms with van der Waals surface area (Å²) in [5.74, 6) is -2.30. The SMILES string of the molecule is CS(=O)(=O)CCC(NC(=O)NCCC(N)=O)C(=O)O. The Bertz CT molecular complexity index is 447. The number of hydrogen-bond acceptors (Lipinski definition) is 5. The number of amides is 3. The molecule has 0 aromatic heterocycles. The van der Waals surface area contributed by atoms with E-state index >= 15 is 0 Å². The quantitative estimate of drug-likeness (QED) is 0.407. The van der Waals surface area contributed by atoms with Crippen LogP contribution in [0.4, 0.5) is 4.79 Å². The molecule has 0 spiro atoms. The molecule has 1 atom stereocenters. The standard InChI is InChI=1S/C9H17N3O6S/c1-19(17,18)5-3-6(8(14)15)12-9(16)11-4-2-7(10)13/h6H,2-5H2,1H3,(H2,10,13)(H,14,15)(H2,11,12,16). The number of carboxylic acids is 1. The molecule has 0 saturated carbocycles. The number of rotatable bonds is 8. The van der Waals surface area contributed by atoms with E-state index in [4.69, 9.17) is 10.8 Å². The highest BCUT2D eigenvalue weighted by atomic mass is 32.2. The van der Waals surface area contributed by atoms with Gasteiger partial charge < -0.3 is 21.5 Å². The molecule has 1 unspecified atom stereocenters. The fourth-order valence-electron chi connectivity index (χ4n) is 1.10. The zero-order chi connectivity index (χ0) is 15.1. The van der Waals surface area contributed by atoms with Crippen molar-refractivity contribution in [2.24, 2.45) is 5.73 Å². The number of urea groups is 1. The van der Waals surface area contributed by atoms with Crippen LogP contribution < -0.4 is 16.4 Å². The molecule has 0 aliphatic heterocycles. The van der Waals surface area contributed by atoms with E-state index in [2.05, 4.69) is 10.6 Å². The van der Waals surface area contributed by atoms with E-state index in [9.17, 15) is 22.8 Å². The average molecular weight is 295 g/mol. The maximum absolute atomic E-state index is 11.3. The van der Waals surface area contributed by atoms with Crippen LogP contribution in [0.2, 0.25) is 0 Å². The highest BCUT2D eigenvalue weighted by molar-refractivity contribution is 7.90. The van der Waals surface area contributed by atoms with Crippen LogP contribution in [0, 0.1) is 0 Å². The second-order valence-corrected chi connectivity index (χ2v) is 6.19. The molecule has 0 aromatic carbocycles. The van der Waals surface area contributed by atoms with Crippen LogP contribution in [0.15, 0.2) is 0 Å². The molecule has 0 rings (SSSR count). The summed E-state index contributed by atoms with van der Waals surface area (Å²) >= 11 is 0. The molecule has 0 radical (unpaired) electrons. The van der Waals surface area contributed by atoms with Gasteiger partial charge in [-0.3, -0.25) is 4.79 Å². The molecule has 5 N–H and O–H groups in total. The number of sulfone groups is 1. The van der Waals surface area contributed by atoms with E-state index in [-0.39, 0.29) is 25.1 Å². The summed E-state index contributed by atoms with van der Waals surface area (Å²) in [6.45, 7) is -0.0282. The van der Waals surface area contributed by atoms with Crippen molar-refractivity contribution in [1.29, 1.82) is 0 Å². The molecule has 10 heteroatoms. The van der Waals surface area contributed by atoms with Crippen molar-refractivity contribution >= 4 is 27.7 Å². The van der Waals surface area contributed by atoms with E-state index < -0.39 is 33.8 Å². The van der Waals surface area contributed by atoms with Gasteiger partial charge in [0.15, 0.2) is 0 Å². The van der Waals surface area contributed by atoms with Gasteiger partial charge in [0.25, 0.3) is 0 Å². The molecule has 0 fully saturated rings. The second kappa shape index (κ2) is 7.56. The Morgan fingerprint density at radius 3 is 2.32 bits per heavy atom. The molecular formula is C9H17N3O6S. The first-order chi connectivity index (χ1) is 8.61. The normalized spacial score (nSPS) is 12.5. The van der Waals surface area contributed by atoms with Crippen molar-refractivity contribution in [2.75, 3.05) is 18.6 Å². The minimum Gasteiger partial charge on any atom is -0.480 e. The molecule has 0 aliphatic rings. The maximum atomic E-state index is 11.3. The van der Waals surface area contributed by atoms with Crippen LogP contribution in [-0.2, 0) is 19.4 Å². The first-order valence-electron chi connectivity index (χ1n) is 5.35. The number of aliphatic carboxylic acids is 1. The largest absolute Gasteiger partial charge is 0.480 e. The predicted molar refractivity (Wildman–Crippen MR) is 66.1 cm³/mol. The third-order valence-corrected chi connectivity index (χ3v) is 3.01. The van der Waals surface area contributed by atoms with Crippen molar-refractivity contribution in [1.82, 2.24) is 10.6 Å². The minimum atomic E-state index is -3.31. The van der Waals surface area contributed by atoms with Gasteiger partial charge in [-0.15, -0.1) is 0 Å². The summed E-state index contributed by atoms with van der Waals surface area (Å²) < 4.78 is 21.8. The Labute approximate surface area is 110 Å². The van der Waals surface area contributed by atoms with Crippen LogP contribution in [0.1, 0.15) is 12.8 Å². The van der Waals surface area contributed by atoms with Gasteiger partial charge in [0, 0.05) is 19.2 Å². The lowest BCUT2D eigenvalue weighted by Gasteiger charge is -2.14. The monoisotopic (exact) mass is 295 g/mol. The number of carbonyl (C=O) groups is 3. The lowest BCUT2D eigenvalue weighted by atomic mass is 10.2. The van der Waals surface area contributed by atoms with Gasteiger partial charge in [0.1, 0.15) is 15.9 Å². The van der Waals surface area contributed by atoms with Crippen molar-refractivity contribution in [3.63, 3.8) is 0 Å². The number of hydrogen-bond donors (Lipinski definition) is 4. The zero-order valence-electron chi connectivity index (χ0n) is 10.4. The smallest absolute Gasteiger partial charge is 0.326 e. The third-order valence-electron chi connectivity index (χ3n) is 2.04. The summed E-state index contributed by atoms with van der Waals surface area (Å²) in [5.41, 5.74) is 4.85. The average Bonchev–Trinajstić information content (AvgIpc) is 2.21. The third kappa shape index (κ3) is 9.83. The van der Waals surface area contributed by atoms with Crippen LogP contribution in [0.5, 0.6) is 0 Å². The Morgan fingerprint density at radius 2 is 1.89 bits per heavy atom. The molecule has 110 valence electrons. The first kappa shape index (κ1) is 17.2. The number of primary amides is 1. The number of nitrogens with two attached hydrogens (primary N) is 1. The summed E-state index contributed by atoms with van der Waals surface area (Å²) in [6.07, 6.45) is 0.657. The van der Waals surface area contributed by atoms with Gasteiger partial charge in [-0.25, -0.2) is 18.0 Å². The lowest BCUT2D eigenvalue weighted by Crippen LogP contribution is -2.47. The van der Waals surface area contributed by atoms with Gasteiger partial charge >= 0.3 is 12.0 Å². The molecule has 19 heavy (non-hydrogen) atoms. The number of carbonyl (C=O) groups excluding carboxylic acids is 2. The van der Waals surface area contributed by atoms with Crippen molar-refractivity contribution in [2.45, 2.75) is 18.9 Å². The van der Waals surface area contributed by atoms with E-state index in [1.807, 2.05) is 0 Å². The van der Waals surface area contributed by atoms with Gasteiger partial charge in [-0.2, -0.15) is 0 Å². The molecule has 9 nitrogen and oxygen atoms in total. The molecule has 3 amide bonds. The Morgan fingerprint density at radius 1 is 1.32 bits per heavy atom. The molecule has 0 aromatic rings. The van der Waals surface area contributed by atoms with Crippen molar-refractivity contribution in [3.05, 3.63) is 0 Å². The summed E-state index contributed by atoms with van der Waals surface area (Å²) in [5, 5.41) is 13.2. The fourth-order valence-corrected chi connectivity index (χ4v) is 1.76. The predicted octanol–water partition coefficient (Wildman–Crippen LogP) is -1.95. The summed E-state index contributed by atoms with van der Waals surface area (Å²) in [4.78, 5) is 32.5. The first-order valence-corrected chi connectivity index (χ1v) is 7.41. The van der Waals surface area contributed by atoms with Crippen molar-refractivity contribution < 1.29 is 27.9 Å². The van der Waals surface area contributed by atoms with E-state index in [1.54, 1.807) is 0 Å². The number of carboxylic acid groups (broad SMARTS) is 1. The summed E-state index contributed by atoms with van der Waals surface area (Å²) in [6, 6.07) is -2.12. The van der Waals surface area contributed by atoms with E-state index in [0.29, 0.717) is 0 Å². The molecular weight excluding hydrogens is 278 g/mol. The fraction of sp³-hybridized carbons (Fsp3) is 0.667.